The minimum absolute atomic E-state index is 0.0768. The maximum absolute atomic E-state index is 11.9. The first kappa shape index (κ1) is 14.6. The van der Waals surface area contributed by atoms with Gasteiger partial charge in [-0.05, 0) is 11.6 Å². The number of halogens is 1. The number of alkyl halides is 1. The van der Waals surface area contributed by atoms with E-state index in [-0.39, 0.29) is 5.92 Å². The molecule has 0 saturated carbocycles. The average Bonchev–Trinajstić information content (AvgIpc) is 2.65. The highest BCUT2D eigenvalue weighted by Crippen LogP contribution is 2.40. The van der Waals surface area contributed by atoms with Crippen molar-refractivity contribution in [3.63, 3.8) is 0 Å². The van der Waals surface area contributed by atoms with Gasteiger partial charge in [-0.3, -0.25) is 8.79 Å². The second-order valence-corrected chi connectivity index (χ2v) is 8.12. The van der Waals surface area contributed by atoms with Crippen LogP contribution in [0, 0.1) is 0 Å². The third-order valence-electron chi connectivity index (χ3n) is 3.47. The molecule has 0 N–H and O–H groups in total. The molecule has 6 heteroatoms. The van der Waals surface area contributed by atoms with E-state index in [0.717, 1.165) is 16.9 Å². The van der Waals surface area contributed by atoms with E-state index in [4.69, 9.17) is 11.6 Å². The monoisotopic (exact) mass is 303 g/mol. The first-order valence-electron chi connectivity index (χ1n) is 6.14. The lowest BCUT2D eigenvalue weighted by molar-refractivity contribution is 0.486. The third kappa shape index (κ3) is 2.73. The molecule has 1 unspecified atom stereocenters. The quantitative estimate of drug-likeness (QED) is 0.632. The fourth-order valence-electron chi connectivity index (χ4n) is 2.35. The standard InChI is InChI=1S/C13H20ClN2O2S/c1-16(2,3)11-5-6-12-10(8-14)9-15(13(12)7-11)19(4,17)18/h5-7,10H,8-9H2,1-4H3/q+1. The van der Waals surface area contributed by atoms with Gasteiger partial charge < -0.3 is 0 Å². The van der Waals surface area contributed by atoms with E-state index >= 15 is 0 Å². The van der Waals surface area contributed by atoms with E-state index in [9.17, 15) is 8.42 Å². The molecule has 0 fully saturated rings. The van der Waals surface area contributed by atoms with Crippen molar-refractivity contribution >= 4 is 33.0 Å². The Morgan fingerprint density at radius 3 is 2.47 bits per heavy atom. The Kier molecular flexibility index (Phi) is 3.58. The van der Waals surface area contributed by atoms with Gasteiger partial charge in [-0.15, -0.1) is 11.6 Å². The average molecular weight is 304 g/mol. The Balaban J connectivity index is 2.57. The van der Waals surface area contributed by atoms with Crippen LogP contribution in [0.5, 0.6) is 0 Å². The predicted octanol–water partition coefficient (Wildman–Crippen LogP) is 1.99. The zero-order chi connectivity index (χ0) is 14.4. The van der Waals surface area contributed by atoms with Gasteiger partial charge >= 0.3 is 0 Å². The summed E-state index contributed by atoms with van der Waals surface area (Å²) in [5.74, 6) is 0.510. The maximum Gasteiger partial charge on any atom is 0.232 e. The molecule has 1 aromatic carbocycles. The van der Waals surface area contributed by atoms with Gasteiger partial charge in [-0.25, -0.2) is 8.42 Å². The van der Waals surface area contributed by atoms with Gasteiger partial charge in [0, 0.05) is 24.4 Å². The van der Waals surface area contributed by atoms with Crippen LogP contribution in [0.4, 0.5) is 11.4 Å². The van der Waals surface area contributed by atoms with Crippen LogP contribution >= 0.6 is 11.6 Å². The Hall–Kier alpha value is -0.780. The summed E-state index contributed by atoms with van der Waals surface area (Å²) in [6, 6.07) is 6.01. The summed E-state index contributed by atoms with van der Waals surface area (Å²) in [7, 11) is 2.91. The summed E-state index contributed by atoms with van der Waals surface area (Å²) in [6.45, 7) is 0.443. The topological polar surface area (TPSA) is 37.4 Å². The van der Waals surface area contributed by atoms with Crippen LogP contribution in [-0.4, -0.2) is 48.2 Å². The molecule has 4 nitrogen and oxygen atoms in total. The molecule has 0 saturated heterocycles. The summed E-state index contributed by atoms with van der Waals surface area (Å²) >= 11 is 5.96. The van der Waals surface area contributed by atoms with E-state index in [1.165, 1.54) is 10.6 Å². The zero-order valence-corrected chi connectivity index (χ0v) is 13.3. The number of fused-ring (bicyclic) bond motifs is 1. The van der Waals surface area contributed by atoms with Crippen molar-refractivity contribution in [1.29, 1.82) is 0 Å². The van der Waals surface area contributed by atoms with Gasteiger partial charge in [0.25, 0.3) is 0 Å². The van der Waals surface area contributed by atoms with E-state index in [0.29, 0.717) is 16.9 Å². The number of anilines is 1. The van der Waals surface area contributed by atoms with Crippen LogP contribution in [0.1, 0.15) is 11.5 Å². The van der Waals surface area contributed by atoms with Crippen molar-refractivity contribution in [1.82, 2.24) is 4.48 Å². The lowest BCUT2D eigenvalue weighted by Gasteiger charge is -2.25. The van der Waals surface area contributed by atoms with E-state index in [2.05, 4.69) is 21.1 Å². The first-order chi connectivity index (χ1) is 8.64. The molecule has 1 atom stereocenters. The molecule has 19 heavy (non-hydrogen) atoms. The van der Waals surface area contributed by atoms with Crippen LogP contribution in [-0.2, 0) is 10.0 Å². The molecule has 0 spiro atoms. The second-order valence-electron chi connectivity index (χ2n) is 5.90. The number of quaternary nitrogens is 1. The Bertz CT molecular complexity index is 593. The van der Waals surface area contributed by atoms with Crippen molar-refractivity contribution in [2.75, 3.05) is 44.1 Å². The Morgan fingerprint density at radius 1 is 1.37 bits per heavy atom. The predicted molar refractivity (Wildman–Crippen MR) is 81.7 cm³/mol. The number of benzene rings is 1. The molecule has 1 heterocycles. The molecule has 0 radical (unpaired) electrons. The van der Waals surface area contributed by atoms with Gasteiger partial charge in [0.2, 0.25) is 10.0 Å². The number of hydrogen-bond acceptors (Lipinski definition) is 2. The molecule has 1 aliphatic rings. The van der Waals surface area contributed by atoms with Crippen molar-refractivity contribution in [3.05, 3.63) is 23.8 Å². The van der Waals surface area contributed by atoms with Gasteiger partial charge in [-0.2, -0.15) is 0 Å². The maximum atomic E-state index is 11.9. The molecular weight excluding hydrogens is 284 g/mol. The fourth-order valence-corrected chi connectivity index (χ4v) is 3.58. The van der Waals surface area contributed by atoms with Crippen LogP contribution in [0.3, 0.4) is 0 Å². The number of hydrogen-bond donors (Lipinski definition) is 0. The van der Waals surface area contributed by atoms with Crippen LogP contribution in [0.15, 0.2) is 18.2 Å². The minimum atomic E-state index is -3.25. The lowest BCUT2D eigenvalue weighted by atomic mass is 10.0. The minimum Gasteiger partial charge on any atom is -0.298 e. The lowest BCUT2D eigenvalue weighted by Crippen LogP contribution is -2.35. The highest BCUT2D eigenvalue weighted by Gasteiger charge is 2.34. The molecule has 1 aromatic rings. The highest BCUT2D eigenvalue weighted by atomic mass is 35.5. The molecule has 106 valence electrons. The second kappa shape index (κ2) is 4.65. The Morgan fingerprint density at radius 2 is 2.00 bits per heavy atom. The molecule has 0 amide bonds. The zero-order valence-electron chi connectivity index (χ0n) is 11.7. The summed E-state index contributed by atoms with van der Waals surface area (Å²) in [5, 5.41) is 0. The SMILES string of the molecule is C[N+](C)(C)c1ccc2c(c1)N(S(C)(=O)=O)CC2CCl. The van der Waals surface area contributed by atoms with Crippen molar-refractivity contribution < 1.29 is 8.42 Å². The molecular formula is C13H20ClN2O2S+. The fraction of sp³-hybridized carbons (Fsp3) is 0.538. The largest absolute Gasteiger partial charge is 0.298 e. The first-order valence-corrected chi connectivity index (χ1v) is 8.52. The molecule has 2 rings (SSSR count). The van der Waals surface area contributed by atoms with Crippen LogP contribution in [0.25, 0.3) is 0 Å². The van der Waals surface area contributed by atoms with Gasteiger partial charge in [0.05, 0.1) is 33.1 Å². The van der Waals surface area contributed by atoms with Crippen LogP contribution in [0.2, 0.25) is 0 Å². The van der Waals surface area contributed by atoms with Crippen molar-refractivity contribution in [3.8, 4) is 0 Å². The van der Waals surface area contributed by atoms with Gasteiger partial charge in [-0.1, -0.05) is 6.07 Å². The van der Waals surface area contributed by atoms with E-state index in [1.54, 1.807) is 0 Å². The molecule has 0 aromatic heterocycles. The third-order valence-corrected chi connectivity index (χ3v) is 4.99. The molecule has 0 bridgehead atoms. The summed E-state index contributed by atoms with van der Waals surface area (Å²) < 4.78 is 25.9. The van der Waals surface area contributed by atoms with Gasteiger partial charge in [0.15, 0.2) is 0 Å². The number of nitrogens with zero attached hydrogens (tertiary/aromatic N) is 2. The summed E-state index contributed by atoms with van der Waals surface area (Å²) in [5.41, 5.74) is 2.87. The molecule has 0 aliphatic carbocycles. The van der Waals surface area contributed by atoms with E-state index < -0.39 is 10.0 Å². The number of rotatable bonds is 3. The summed E-state index contributed by atoms with van der Waals surface area (Å²) in [6.07, 6.45) is 1.24. The normalized spacial score (nSPS) is 19.6. The van der Waals surface area contributed by atoms with Gasteiger partial charge in [0.1, 0.15) is 5.69 Å². The number of sulfonamides is 1. The van der Waals surface area contributed by atoms with Crippen molar-refractivity contribution in [2.45, 2.75) is 5.92 Å². The van der Waals surface area contributed by atoms with E-state index in [1.807, 2.05) is 18.2 Å². The smallest absolute Gasteiger partial charge is 0.232 e. The van der Waals surface area contributed by atoms with Crippen LogP contribution < -0.4 is 8.79 Å². The molecule has 1 aliphatic heterocycles. The Labute approximate surface area is 120 Å². The summed E-state index contributed by atoms with van der Waals surface area (Å²) in [4.78, 5) is 0. The highest BCUT2D eigenvalue weighted by molar-refractivity contribution is 7.92. The van der Waals surface area contributed by atoms with Crippen molar-refractivity contribution in [2.24, 2.45) is 0 Å².